The van der Waals surface area contributed by atoms with Gasteiger partial charge in [-0.3, -0.25) is 0 Å². The quantitative estimate of drug-likeness (QED) is 0.516. The van der Waals surface area contributed by atoms with Crippen LogP contribution in [-0.4, -0.2) is 9.97 Å². The number of halogens is 4. The van der Waals surface area contributed by atoms with Crippen LogP contribution in [0, 0.1) is 6.92 Å². The van der Waals surface area contributed by atoms with Crippen LogP contribution >= 0.6 is 23.4 Å². The molecule has 0 fully saturated rings. The summed E-state index contributed by atoms with van der Waals surface area (Å²) in [6.45, 7) is 1.79. The van der Waals surface area contributed by atoms with E-state index in [1.807, 2.05) is 0 Å². The molecule has 0 spiro atoms. The number of rotatable bonds is 3. The van der Waals surface area contributed by atoms with Gasteiger partial charge < -0.3 is 5.73 Å². The molecule has 0 radical (unpaired) electrons. The largest absolute Gasteiger partial charge is 0.416 e. The Balaban J connectivity index is 2.13. The van der Waals surface area contributed by atoms with E-state index >= 15 is 0 Å². The number of aryl methyl sites for hydroxylation is 1. The topological polar surface area (TPSA) is 51.8 Å². The smallest absolute Gasteiger partial charge is 0.398 e. The summed E-state index contributed by atoms with van der Waals surface area (Å²) < 4.78 is 37.6. The lowest BCUT2D eigenvalue weighted by molar-refractivity contribution is -0.137. The first-order valence-electron chi connectivity index (χ1n) is 5.85. The fourth-order valence-electron chi connectivity index (χ4n) is 1.65. The number of hydrogen-bond acceptors (Lipinski definition) is 4. The van der Waals surface area contributed by atoms with E-state index in [4.69, 9.17) is 17.3 Å². The average molecular weight is 334 g/mol. The van der Waals surface area contributed by atoms with Crippen LogP contribution in [0.4, 0.5) is 18.9 Å². The third kappa shape index (κ3) is 4.25. The first kappa shape index (κ1) is 15.9. The molecule has 0 atom stereocenters. The fraction of sp³-hybridized carbons (Fsp3) is 0.231. The third-order valence-corrected chi connectivity index (χ3v) is 3.84. The molecular formula is C13H11ClF3N3S. The van der Waals surface area contributed by atoms with Crippen LogP contribution in [-0.2, 0) is 11.9 Å². The third-order valence-electron chi connectivity index (χ3n) is 2.56. The van der Waals surface area contributed by atoms with Gasteiger partial charge in [0, 0.05) is 16.3 Å². The molecule has 0 amide bonds. The Morgan fingerprint density at radius 3 is 2.52 bits per heavy atom. The molecule has 2 N–H and O–H groups in total. The Bertz CT molecular complexity index is 641. The zero-order valence-corrected chi connectivity index (χ0v) is 12.5. The monoisotopic (exact) mass is 333 g/mol. The van der Waals surface area contributed by atoms with Crippen molar-refractivity contribution in [1.29, 1.82) is 0 Å². The van der Waals surface area contributed by atoms with Gasteiger partial charge in [-0.05, 0) is 31.2 Å². The van der Waals surface area contributed by atoms with Gasteiger partial charge in [0.25, 0.3) is 0 Å². The minimum absolute atomic E-state index is 0.0774. The van der Waals surface area contributed by atoms with Crippen molar-refractivity contribution in [3.05, 3.63) is 46.5 Å². The molecule has 2 rings (SSSR count). The Kier molecular flexibility index (Phi) is 4.63. The van der Waals surface area contributed by atoms with Crippen LogP contribution in [0.1, 0.15) is 17.1 Å². The van der Waals surface area contributed by atoms with Gasteiger partial charge in [0.05, 0.1) is 11.3 Å². The maximum atomic E-state index is 12.5. The van der Waals surface area contributed by atoms with Gasteiger partial charge in [0.15, 0.2) is 0 Å². The second kappa shape index (κ2) is 6.11. The highest BCUT2D eigenvalue weighted by Crippen LogP contribution is 2.35. The second-order valence-corrected chi connectivity index (χ2v) is 5.69. The Labute approximate surface area is 128 Å². The van der Waals surface area contributed by atoms with Crippen molar-refractivity contribution in [2.45, 2.75) is 23.7 Å². The lowest BCUT2D eigenvalue weighted by Gasteiger charge is -2.10. The van der Waals surface area contributed by atoms with E-state index in [2.05, 4.69) is 9.97 Å². The maximum absolute atomic E-state index is 12.5. The molecule has 1 aromatic heterocycles. The van der Waals surface area contributed by atoms with E-state index in [-0.39, 0.29) is 5.69 Å². The van der Waals surface area contributed by atoms with Crippen LogP contribution in [0.5, 0.6) is 0 Å². The molecule has 1 aromatic carbocycles. The molecular weight excluding hydrogens is 323 g/mol. The van der Waals surface area contributed by atoms with Gasteiger partial charge >= 0.3 is 6.18 Å². The van der Waals surface area contributed by atoms with E-state index in [1.54, 1.807) is 13.0 Å². The first-order valence-corrected chi connectivity index (χ1v) is 7.21. The van der Waals surface area contributed by atoms with Gasteiger partial charge in [0.2, 0.25) is 0 Å². The average Bonchev–Trinajstić information content (AvgIpc) is 2.35. The van der Waals surface area contributed by atoms with E-state index in [0.29, 0.717) is 21.6 Å². The minimum atomic E-state index is -4.40. The number of anilines is 1. The zero-order valence-electron chi connectivity index (χ0n) is 10.9. The highest BCUT2D eigenvalue weighted by molar-refractivity contribution is 7.98. The number of benzene rings is 1. The lowest BCUT2D eigenvalue weighted by atomic mass is 10.2. The summed E-state index contributed by atoms with van der Waals surface area (Å²) in [4.78, 5) is 8.79. The maximum Gasteiger partial charge on any atom is 0.416 e. The summed E-state index contributed by atoms with van der Waals surface area (Å²) in [7, 11) is 0. The highest BCUT2D eigenvalue weighted by atomic mass is 35.5. The van der Waals surface area contributed by atoms with E-state index in [0.717, 1.165) is 17.8 Å². The SMILES string of the molecule is Cc1cc(Cl)nc(CSc2ccc(C(F)(F)F)cc2N)n1. The minimum Gasteiger partial charge on any atom is -0.398 e. The van der Waals surface area contributed by atoms with Crippen molar-refractivity contribution in [3.8, 4) is 0 Å². The van der Waals surface area contributed by atoms with Crippen molar-refractivity contribution in [2.24, 2.45) is 0 Å². The Hall–Kier alpha value is -1.47. The highest BCUT2D eigenvalue weighted by Gasteiger charge is 2.30. The number of nitrogens with two attached hydrogens (primary N) is 1. The molecule has 0 aliphatic carbocycles. The molecule has 0 aliphatic rings. The molecule has 21 heavy (non-hydrogen) atoms. The number of nitrogens with zero attached hydrogens (tertiary/aromatic N) is 2. The molecule has 112 valence electrons. The van der Waals surface area contributed by atoms with Crippen LogP contribution in [0.2, 0.25) is 5.15 Å². The Morgan fingerprint density at radius 1 is 1.24 bits per heavy atom. The van der Waals surface area contributed by atoms with E-state index in [1.165, 1.54) is 17.8 Å². The lowest BCUT2D eigenvalue weighted by Crippen LogP contribution is -2.05. The molecule has 0 bridgehead atoms. The Morgan fingerprint density at radius 2 is 1.95 bits per heavy atom. The van der Waals surface area contributed by atoms with Gasteiger partial charge in [-0.25, -0.2) is 9.97 Å². The van der Waals surface area contributed by atoms with Gasteiger partial charge in [-0.1, -0.05) is 11.6 Å². The summed E-state index contributed by atoms with van der Waals surface area (Å²) in [6, 6.07) is 4.90. The molecule has 0 aliphatic heterocycles. The van der Waals surface area contributed by atoms with Crippen molar-refractivity contribution in [3.63, 3.8) is 0 Å². The summed E-state index contributed by atoms with van der Waals surface area (Å²) in [5.41, 5.74) is 5.69. The first-order chi connectivity index (χ1) is 9.75. The molecule has 2 aromatic rings. The molecule has 3 nitrogen and oxygen atoms in total. The van der Waals surface area contributed by atoms with Crippen molar-refractivity contribution in [1.82, 2.24) is 9.97 Å². The van der Waals surface area contributed by atoms with Crippen molar-refractivity contribution >= 4 is 29.1 Å². The number of thioether (sulfide) groups is 1. The van der Waals surface area contributed by atoms with Gasteiger partial charge in [-0.15, -0.1) is 11.8 Å². The second-order valence-electron chi connectivity index (χ2n) is 4.29. The molecule has 0 saturated heterocycles. The molecule has 8 heteroatoms. The van der Waals surface area contributed by atoms with Crippen molar-refractivity contribution in [2.75, 3.05) is 5.73 Å². The summed E-state index contributed by atoms with van der Waals surface area (Å²) in [5, 5.41) is 0.332. The van der Waals surface area contributed by atoms with Crippen LogP contribution in [0.25, 0.3) is 0 Å². The van der Waals surface area contributed by atoms with Crippen molar-refractivity contribution < 1.29 is 13.2 Å². The summed E-state index contributed by atoms with van der Waals surface area (Å²) in [5.74, 6) is 0.876. The predicted octanol–water partition coefficient (Wildman–Crippen LogP) is 4.33. The van der Waals surface area contributed by atoms with E-state index < -0.39 is 11.7 Å². The number of hydrogen-bond donors (Lipinski definition) is 1. The van der Waals surface area contributed by atoms with Crippen LogP contribution < -0.4 is 5.73 Å². The zero-order chi connectivity index (χ0) is 15.6. The fourth-order valence-corrected chi connectivity index (χ4v) is 2.71. The summed E-state index contributed by atoms with van der Waals surface area (Å²) >= 11 is 7.08. The van der Waals surface area contributed by atoms with Gasteiger partial charge in [-0.2, -0.15) is 13.2 Å². The molecule has 0 unspecified atom stereocenters. The van der Waals surface area contributed by atoms with Crippen LogP contribution in [0.3, 0.4) is 0 Å². The van der Waals surface area contributed by atoms with Gasteiger partial charge in [0.1, 0.15) is 11.0 Å². The molecule has 0 saturated carbocycles. The van der Waals surface area contributed by atoms with Crippen LogP contribution in [0.15, 0.2) is 29.2 Å². The number of alkyl halides is 3. The predicted molar refractivity (Wildman–Crippen MR) is 77.2 cm³/mol. The molecule has 1 heterocycles. The number of aromatic nitrogens is 2. The summed E-state index contributed by atoms with van der Waals surface area (Å²) in [6.07, 6.45) is -4.40. The normalized spacial score (nSPS) is 11.7. The number of nitrogen functional groups attached to an aromatic ring is 1. The standard InChI is InChI=1S/C13H11ClF3N3S/c1-7-4-11(14)20-12(19-7)6-21-10-3-2-8(5-9(10)18)13(15,16)17/h2-5H,6,18H2,1H3. The van der Waals surface area contributed by atoms with E-state index in [9.17, 15) is 13.2 Å².